The maximum Gasteiger partial charge on any atom is 0.573 e. The number of carbonyl (C=O) groups excluding carboxylic acids is 2. The first-order valence-corrected chi connectivity index (χ1v) is 12.0. The Balaban J connectivity index is 1.35. The number of rotatable bonds is 9. The predicted octanol–water partition coefficient (Wildman–Crippen LogP) is 3.89. The number of hydrogen-bond donors (Lipinski definition) is 2. The van der Waals surface area contributed by atoms with Gasteiger partial charge in [-0.05, 0) is 42.7 Å². The molecule has 0 saturated carbocycles. The number of piperazine rings is 1. The summed E-state index contributed by atoms with van der Waals surface area (Å²) >= 11 is 1.58. The minimum atomic E-state index is -4.75. The van der Waals surface area contributed by atoms with E-state index in [9.17, 15) is 22.8 Å². The molecule has 0 atom stereocenters. The smallest absolute Gasteiger partial charge is 0.406 e. The summed E-state index contributed by atoms with van der Waals surface area (Å²) in [7, 11) is 0. The number of hydrogen-bond acceptors (Lipinski definition) is 6. The Labute approximate surface area is 200 Å². The molecule has 0 bridgehead atoms. The van der Waals surface area contributed by atoms with Crippen LogP contribution >= 0.6 is 11.8 Å². The zero-order chi connectivity index (χ0) is 24.6. The minimum absolute atomic E-state index is 0.0324. The fourth-order valence-electron chi connectivity index (χ4n) is 3.53. The van der Waals surface area contributed by atoms with E-state index in [-0.39, 0.29) is 24.1 Å². The lowest BCUT2D eigenvalue weighted by atomic mass is 10.2. The van der Waals surface area contributed by atoms with Gasteiger partial charge in [-0.15, -0.1) is 24.9 Å². The van der Waals surface area contributed by atoms with Gasteiger partial charge < -0.3 is 20.3 Å². The Kier molecular flexibility index (Phi) is 9.20. The first-order valence-electron chi connectivity index (χ1n) is 10.7. The monoisotopic (exact) mass is 496 g/mol. The Hall–Kier alpha value is -2.76. The van der Waals surface area contributed by atoms with Crippen LogP contribution in [-0.2, 0) is 9.59 Å². The number of nitrogens with one attached hydrogen (secondary N) is 2. The summed E-state index contributed by atoms with van der Waals surface area (Å²) < 4.78 is 40.5. The summed E-state index contributed by atoms with van der Waals surface area (Å²) in [5.74, 6) is -0.622. The number of anilines is 2. The SMILES string of the molecule is CSc1ccccc1NC(=O)CCN1CCN(CC(=O)Nc2ccc(OC(F)(F)F)cc2)CC1. The molecule has 2 N–H and O–H groups in total. The number of benzene rings is 2. The van der Waals surface area contributed by atoms with Gasteiger partial charge in [0.2, 0.25) is 11.8 Å². The van der Waals surface area contributed by atoms with E-state index in [1.165, 1.54) is 12.1 Å². The van der Waals surface area contributed by atoms with Gasteiger partial charge in [0.15, 0.2) is 0 Å². The van der Waals surface area contributed by atoms with E-state index >= 15 is 0 Å². The lowest BCUT2D eigenvalue weighted by molar-refractivity contribution is -0.274. The molecule has 7 nitrogen and oxygen atoms in total. The van der Waals surface area contributed by atoms with Crippen molar-refractivity contribution in [2.75, 3.05) is 56.2 Å². The summed E-state index contributed by atoms with van der Waals surface area (Å²) in [6.45, 7) is 3.67. The van der Waals surface area contributed by atoms with E-state index in [2.05, 4.69) is 20.3 Å². The zero-order valence-corrected chi connectivity index (χ0v) is 19.5. The molecule has 2 amide bonds. The summed E-state index contributed by atoms with van der Waals surface area (Å²) in [5.41, 5.74) is 1.21. The Morgan fingerprint density at radius 3 is 2.24 bits per heavy atom. The van der Waals surface area contributed by atoms with Gasteiger partial charge in [0.25, 0.3) is 0 Å². The van der Waals surface area contributed by atoms with E-state index < -0.39 is 6.36 Å². The van der Waals surface area contributed by atoms with Crippen LogP contribution < -0.4 is 15.4 Å². The molecule has 1 aliphatic heterocycles. The molecule has 34 heavy (non-hydrogen) atoms. The highest BCUT2D eigenvalue weighted by Gasteiger charge is 2.31. The summed E-state index contributed by atoms with van der Waals surface area (Å²) in [4.78, 5) is 29.8. The van der Waals surface area contributed by atoms with Crippen molar-refractivity contribution in [3.8, 4) is 5.75 Å². The fraction of sp³-hybridized carbons (Fsp3) is 0.391. The predicted molar refractivity (Wildman–Crippen MR) is 126 cm³/mol. The third-order valence-electron chi connectivity index (χ3n) is 5.24. The third kappa shape index (κ3) is 8.54. The molecule has 0 unspecified atom stereocenters. The topological polar surface area (TPSA) is 73.9 Å². The number of ether oxygens (including phenoxy) is 1. The number of alkyl halides is 3. The Morgan fingerprint density at radius 2 is 1.59 bits per heavy atom. The van der Waals surface area contributed by atoms with Gasteiger partial charge in [-0.1, -0.05) is 12.1 Å². The normalized spacial score (nSPS) is 15.1. The van der Waals surface area contributed by atoms with Crippen LogP contribution in [0, 0.1) is 0 Å². The molecule has 2 aromatic rings. The highest BCUT2D eigenvalue weighted by atomic mass is 32.2. The lowest BCUT2D eigenvalue weighted by Gasteiger charge is -2.34. The van der Waals surface area contributed by atoms with Crippen molar-refractivity contribution in [1.29, 1.82) is 0 Å². The standard InChI is InChI=1S/C23H27F3N4O3S/c1-34-20-5-3-2-4-19(20)28-21(31)10-11-29-12-14-30(15-13-29)16-22(32)27-17-6-8-18(9-7-17)33-23(24,25)26/h2-9H,10-16H2,1H3,(H,27,32)(H,28,31). The minimum Gasteiger partial charge on any atom is -0.406 e. The first-order chi connectivity index (χ1) is 16.2. The van der Waals surface area contributed by atoms with Gasteiger partial charge >= 0.3 is 6.36 Å². The molecule has 1 heterocycles. The number of amides is 2. The molecule has 0 aliphatic carbocycles. The van der Waals surface area contributed by atoms with Gasteiger partial charge in [-0.3, -0.25) is 14.5 Å². The summed E-state index contributed by atoms with van der Waals surface area (Å²) in [6, 6.07) is 12.7. The Bertz CT molecular complexity index is 965. The fourth-order valence-corrected chi connectivity index (χ4v) is 4.09. The van der Waals surface area contributed by atoms with Gasteiger partial charge in [-0.25, -0.2) is 0 Å². The van der Waals surface area contributed by atoms with Gasteiger partial charge in [0, 0.05) is 49.7 Å². The highest BCUT2D eigenvalue weighted by Crippen LogP contribution is 2.25. The molecule has 11 heteroatoms. The molecule has 1 fully saturated rings. The molecule has 184 valence electrons. The van der Waals surface area contributed by atoms with Crippen LogP contribution in [0.15, 0.2) is 53.4 Å². The van der Waals surface area contributed by atoms with Crippen molar-refractivity contribution in [2.24, 2.45) is 0 Å². The van der Waals surface area contributed by atoms with Crippen LogP contribution in [0.25, 0.3) is 0 Å². The number of carbonyl (C=O) groups is 2. The number of nitrogens with zero attached hydrogens (tertiary/aromatic N) is 2. The van der Waals surface area contributed by atoms with Crippen LogP contribution in [0.4, 0.5) is 24.5 Å². The largest absolute Gasteiger partial charge is 0.573 e. The van der Waals surface area contributed by atoms with Crippen molar-refractivity contribution >= 4 is 35.0 Å². The quantitative estimate of drug-likeness (QED) is 0.513. The number of halogens is 3. The average Bonchev–Trinajstić information content (AvgIpc) is 2.79. The van der Waals surface area contributed by atoms with Crippen LogP contribution in [0.2, 0.25) is 0 Å². The first kappa shape index (κ1) is 25.9. The van der Waals surface area contributed by atoms with Crippen molar-refractivity contribution in [2.45, 2.75) is 17.7 Å². The van der Waals surface area contributed by atoms with E-state index in [1.807, 2.05) is 35.4 Å². The molecular weight excluding hydrogens is 469 g/mol. The van der Waals surface area contributed by atoms with E-state index in [1.54, 1.807) is 11.8 Å². The Morgan fingerprint density at radius 1 is 0.941 bits per heavy atom. The maximum absolute atomic E-state index is 12.3. The second-order valence-corrected chi connectivity index (χ2v) is 8.58. The second-order valence-electron chi connectivity index (χ2n) is 7.74. The molecule has 1 saturated heterocycles. The number of para-hydroxylation sites is 1. The van der Waals surface area contributed by atoms with Crippen molar-refractivity contribution < 1.29 is 27.5 Å². The zero-order valence-electron chi connectivity index (χ0n) is 18.7. The molecule has 2 aromatic carbocycles. The van der Waals surface area contributed by atoms with Gasteiger partial charge in [0.05, 0.1) is 12.2 Å². The maximum atomic E-state index is 12.3. The highest BCUT2D eigenvalue weighted by molar-refractivity contribution is 7.98. The van der Waals surface area contributed by atoms with E-state index in [4.69, 9.17) is 0 Å². The molecule has 1 aliphatic rings. The van der Waals surface area contributed by atoms with Crippen LogP contribution in [0.3, 0.4) is 0 Å². The molecule has 0 spiro atoms. The molecule has 0 radical (unpaired) electrons. The van der Waals surface area contributed by atoms with Crippen LogP contribution in [0.1, 0.15) is 6.42 Å². The van der Waals surface area contributed by atoms with Crippen molar-refractivity contribution in [3.05, 3.63) is 48.5 Å². The van der Waals surface area contributed by atoms with Crippen LogP contribution in [-0.4, -0.2) is 73.5 Å². The van der Waals surface area contributed by atoms with Crippen LogP contribution in [0.5, 0.6) is 5.75 Å². The second kappa shape index (κ2) is 12.1. The lowest BCUT2D eigenvalue weighted by Crippen LogP contribution is -2.49. The van der Waals surface area contributed by atoms with Gasteiger partial charge in [-0.2, -0.15) is 0 Å². The molecular formula is C23H27F3N4O3S. The van der Waals surface area contributed by atoms with Crippen molar-refractivity contribution in [1.82, 2.24) is 9.80 Å². The van der Waals surface area contributed by atoms with E-state index in [0.717, 1.165) is 35.8 Å². The third-order valence-corrected chi connectivity index (χ3v) is 6.04. The van der Waals surface area contributed by atoms with Gasteiger partial charge in [0.1, 0.15) is 5.75 Å². The average molecular weight is 497 g/mol. The molecule has 0 aromatic heterocycles. The van der Waals surface area contributed by atoms with Crippen molar-refractivity contribution in [3.63, 3.8) is 0 Å². The van der Waals surface area contributed by atoms with E-state index in [0.29, 0.717) is 31.7 Å². The molecule has 3 rings (SSSR count). The summed E-state index contributed by atoms with van der Waals surface area (Å²) in [5, 5.41) is 5.64. The number of thioether (sulfide) groups is 1. The summed E-state index contributed by atoms with van der Waals surface area (Å²) in [6.07, 6.45) is -2.40.